The van der Waals surface area contributed by atoms with Gasteiger partial charge in [0.15, 0.2) is 0 Å². The lowest BCUT2D eigenvalue weighted by Gasteiger charge is -2.20. The summed E-state index contributed by atoms with van der Waals surface area (Å²) >= 11 is 0. The summed E-state index contributed by atoms with van der Waals surface area (Å²) < 4.78 is 71.2. The van der Waals surface area contributed by atoms with E-state index in [1.807, 2.05) is 25.1 Å². The number of rotatable bonds is 12. The van der Waals surface area contributed by atoms with E-state index >= 15 is 0 Å². The maximum atomic E-state index is 14.4. The predicted octanol–water partition coefficient (Wildman–Crippen LogP) is 7.81. The van der Waals surface area contributed by atoms with Gasteiger partial charge in [0.05, 0.1) is 24.9 Å². The summed E-state index contributed by atoms with van der Waals surface area (Å²) in [6, 6.07) is 14.5. The van der Waals surface area contributed by atoms with E-state index in [9.17, 15) is 22.4 Å². The summed E-state index contributed by atoms with van der Waals surface area (Å²) in [6.07, 6.45) is -2.85. The van der Waals surface area contributed by atoms with Gasteiger partial charge in [-0.25, -0.2) is 4.39 Å². The number of benzene rings is 3. The highest BCUT2D eigenvalue weighted by molar-refractivity contribution is 5.72. The van der Waals surface area contributed by atoms with Gasteiger partial charge in [0.1, 0.15) is 17.3 Å². The van der Waals surface area contributed by atoms with E-state index in [0.717, 1.165) is 29.7 Å². The highest BCUT2D eigenvalue weighted by Gasteiger charge is 2.31. The van der Waals surface area contributed by atoms with Crippen LogP contribution in [-0.4, -0.2) is 25.3 Å². The van der Waals surface area contributed by atoms with Crippen LogP contribution in [0, 0.1) is 5.82 Å². The zero-order valence-electron chi connectivity index (χ0n) is 21.7. The Labute approximate surface area is 220 Å². The van der Waals surface area contributed by atoms with Crippen molar-refractivity contribution >= 4 is 5.97 Å². The molecule has 4 nitrogen and oxygen atoms in total. The lowest BCUT2D eigenvalue weighted by molar-refractivity contribution is -0.143. The van der Waals surface area contributed by atoms with Crippen molar-refractivity contribution in [2.75, 3.05) is 13.2 Å². The Balaban J connectivity index is 1.65. The molecule has 38 heavy (non-hydrogen) atoms. The third kappa shape index (κ3) is 7.97. The van der Waals surface area contributed by atoms with Crippen LogP contribution in [0.25, 0.3) is 11.1 Å². The molecule has 0 aliphatic carbocycles. The van der Waals surface area contributed by atoms with Crippen molar-refractivity contribution in [2.45, 2.75) is 58.7 Å². The molecule has 0 heterocycles. The quantitative estimate of drug-likeness (QED) is 0.176. The minimum atomic E-state index is -4.57. The Morgan fingerprint density at radius 3 is 2.39 bits per heavy atom. The van der Waals surface area contributed by atoms with Gasteiger partial charge >= 0.3 is 12.1 Å². The number of carbonyl (C=O) groups is 1. The highest BCUT2D eigenvalue weighted by Crippen LogP contribution is 2.38. The van der Waals surface area contributed by atoms with Gasteiger partial charge in [-0.1, -0.05) is 31.2 Å². The zero-order chi connectivity index (χ0) is 27.7. The van der Waals surface area contributed by atoms with Gasteiger partial charge in [0.2, 0.25) is 0 Å². The molecule has 3 rings (SSSR count). The lowest BCUT2D eigenvalue weighted by atomic mass is 10.0. The number of hydrogen-bond donors (Lipinski definition) is 0. The lowest BCUT2D eigenvalue weighted by Crippen LogP contribution is -2.17. The molecule has 0 radical (unpaired) electrons. The fourth-order valence-electron chi connectivity index (χ4n) is 4.05. The standard InChI is InChI=1S/C30H32F4O4/c1-4-21-18-24(13-10-22(21)11-15-29(35)36-5-2)37-17-16-20(3)38-28-14-12-23(30(32,33)34)19-26(28)25-8-6-7-9-27(25)31/h6-10,12-14,18-20H,4-5,11,15-17H2,1-3H3. The van der Waals surface area contributed by atoms with E-state index < -0.39 is 23.7 Å². The van der Waals surface area contributed by atoms with Crippen molar-refractivity contribution in [3.05, 3.63) is 83.2 Å². The largest absolute Gasteiger partial charge is 0.493 e. The first kappa shape index (κ1) is 29.0. The van der Waals surface area contributed by atoms with Gasteiger partial charge in [-0.05, 0) is 74.2 Å². The Bertz CT molecular complexity index is 1220. The average Bonchev–Trinajstić information content (AvgIpc) is 2.88. The summed E-state index contributed by atoms with van der Waals surface area (Å²) in [4.78, 5) is 11.7. The van der Waals surface area contributed by atoms with E-state index in [0.29, 0.717) is 38.2 Å². The van der Waals surface area contributed by atoms with Crippen LogP contribution in [0.15, 0.2) is 60.7 Å². The monoisotopic (exact) mass is 532 g/mol. The van der Waals surface area contributed by atoms with Gasteiger partial charge in [0, 0.05) is 24.0 Å². The normalized spacial score (nSPS) is 12.2. The molecule has 8 heteroatoms. The summed E-state index contributed by atoms with van der Waals surface area (Å²) in [6.45, 7) is 6.25. The van der Waals surface area contributed by atoms with E-state index in [1.165, 1.54) is 24.3 Å². The van der Waals surface area contributed by atoms with Crippen molar-refractivity contribution in [3.63, 3.8) is 0 Å². The van der Waals surface area contributed by atoms with Crippen molar-refractivity contribution < 1.29 is 36.6 Å². The molecule has 0 aliphatic rings. The second kappa shape index (κ2) is 13.3. The van der Waals surface area contributed by atoms with Crippen LogP contribution >= 0.6 is 0 Å². The first-order valence-corrected chi connectivity index (χ1v) is 12.6. The van der Waals surface area contributed by atoms with Gasteiger partial charge in [-0.15, -0.1) is 0 Å². The van der Waals surface area contributed by atoms with E-state index in [1.54, 1.807) is 19.9 Å². The predicted molar refractivity (Wildman–Crippen MR) is 138 cm³/mol. The summed E-state index contributed by atoms with van der Waals surface area (Å²) in [7, 11) is 0. The number of hydrogen-bond acceptors (Lipinski definition) is 4. The second-order valence-corrected chi connectivity index (χ2v) is 8.84. The van der Waals surface area contributed by atoms with E-state index in [-0.39, 0.29) is 22.8 Å². The Morgan fingerprint density at radius 1 is 0.947 bits per heavy atom. The summed E-state index contributed by atoms with van der Waals surface area (Å²) in [5.41, 5.74) is 1.34. The smallest absolute Gasteiger partial charge is 0.416 e. The molecule has 0 bridgehead atoms. The molecule has 0 N–H and O–H groups in total. The Kier molecular flexibility index (Phi) is 10.2. The Morgan fingerprint density at radius 2 is 1.71 bits per heavy atom. The number of alkyl halides is 3. The molecule has 0 saturated carbocycles. The summed E-state index contributed by atoms with van der Waals surface area (Å²) in [5.74, 6) is -0.0227. The van der Waals surface area contributed by atoms with E-state index in [2.05, 4.69) is 0 Å². The summed E-state index contributed by atoms with van der Waals surface area (Å²) in [5, 5.41) is 0. The molecule has 0 fully saturated rings. The fraction of sp³-hybridized carbons (Fsp3) is 0.367. The molecule has 0 spiro atoms. The first-order chi connectivity index (χ1) is 18.1. The number of esters is 1. The van der Waals surface area contributed by atoms with Crippen LogP contribution in [0.3, 0.4) is 0 Å². The molecule has 3 aromatic rings. The van der Waals surface area contributed by atoms with Crippen molar-refractivity contribution in [1.82, 2.24) is 0 Å². The molecular weight excluding hydrogens is 500 g/mol. The molecule has 0 aromatic heterocycles. The van der Waals surface area contributed by atoms with Crippen molar-refractivity contribution in [1.29, 1.82) is 0 Å². The molecule has 1 unspecified atom stereocenters. The van der Waals surface area contributed by atoms with Crippen LogP contribution in [0.4, 0.5) is 17.6 Å². The minimum absolute atomic E-state index is 0.0344. The second-order valence-electron chi connectivity index (χ2n) is 8.84. The number of carbonyl (C=O) groups excluding carboxylic acids is 1. The molecule has 0 aliphatic heterocycles. The number of aryl methyl sites for hydroxylation is 2. The average molecular weight is 533 g/mol. The van der Waals surface area contributed by atoms with Gasteiger partial charge in [0.25, 0.3) is 0 Å². The van der Waals surface area contributed by atoms with Gasteiger partial charge in [-0.2, -0.15) is 13.2 Å². The highest BCUT2D eigenvalue weighted by atomic mass is 19.4. The first-order valence-electron chi connectivity index (χ1n) is 12.6. The van der Waals surface area contributed by atoms with Gasteiger partial charge in [-0.3, -0.25) is 4.79 Å². The minimum Gasteiger partial charge on any atom is -0.493 e. The fourth-order valence-corrected chi connectivity index (χ4v) is 4.05. The molecule has 1 atom stereocenters. The molecular formula is C30H32F4O4. The molecule has 0 amide bonds. The Hall–Kier alpha value is -3.55. The molecule has 204 valence electrons. The van der Waals surface area contributed by atoms with Crippen LogP contribution in [0.5, 0.6) is 11.5 Å². The van der Waals surface area contributed by atoms with Gasteiger partial charge < -0.3 is 14.2 Å². The number of ether oxygens (including phenoxy) is 3. The zero-order valence-corrected chi connectivity index (χ0v) is 21.7. The molecule has 3 aromatic carbocycles. The van der Waals surface area contributed by atoms with Crippen molar-refractivity contribution in [3.8, 4) is 22.6 Å². The van der Waals surface area contributed by atoms with Crippen LogP contribution < -0.4 is 9.47 Å². The topological polar surface area (TPSA) is 44.8 Å². The maximum absolute atomic E-state index is 14.4. The van der Waals surface area contributed by atoms with Crippen LogP contribution in [0.2, 0.25) is 0 Å². The van der Waals surface area contributed by atoms with Crippen LogP contribution in [0.1, 0.15) is 50.3 Å². The third-order valence-electron chi connectivity index (χ3n) is 6.05. The van der Waals surface area contributed by atoms with Crippen LogP contribution in [-0.2, 0) is 28.5 Å². The SMILES string of the molecule is CCOC(=O)CCc1ccc(OCCC(C)Oc2ccc(C(F)(F)F)cc2-c2ccccc2F)cc1CC. The maximum Gasteiger partial charge on any atom is 0.416 e. The van der Waals surface area contributed by atoms with E-state index in [4.69, 9.17) is 14.2 Å². The number of halogens is 4. The third-order valence-corrected chi connectivity index (χ3v) is 6.05. The molecule has 0 saturated heterocycles. The van der Waals surface area contributed by atoms with Crippen molar-refractivity contribution in [2.24, 2.45) is 0 Å².